The lowest BCUT2D eigenvalue weighted by Gasteiger charge is -2.26. The van der Waals surface area contributed by atoms with Crippen molar-refractivity contribution in [2.75, 3.05) is 53.1 Å². The molecule has 1 saturated heterocycles. The number of hydrogen-bond acceptors (Lipinski definition) is 7. The lowest BCUT2D eigenvalue weighted by atomic mass is 10.1. The topological polar surface area (TPSA) is 90.2 Å². The van der Waals surface area contributed by atoms with E-state index in [2.05, 4.69) is 10.2 Å². The quantitative estimate of drug-likeness (QED) is 0.394. The van der Waals surface area contributed by atoms with Crippen molar-refractivity contribution in [2.24, 2.45) is 0 Å². The Morgan fingerprint density at radius 1 is 1.12 bits per heavy atom. The average Bonchev–Trinajstić information content (AvgIpc) is 2.85. The van der Waals surface area contributed by atoms with Gasteiger partial charge in [0.15, 0.2) is 17.9 Å². The van der Waals surface area contributed by atoms with Crippen molar-refractivity contribution >= 4 is 16.9 Å². The molecule has 1 aliphatic rings. The molecular weight excluding hydrogens is 424 g/mol. The Labute approximate surface area is 192 Å². The van der Waals surface area contributed by atoms with Gasteiger partial charge >= 0.3 is 5.63 Å². The van der Waals surface area contributed by atoms with E-state index >= 15 is 0 Å². The van der Waals surface area contributed by atoms with Gasteiger partial charge in [0.05, 0.1) is 25.9 Å². The van der Waals surface area contributed by atoms with Gasteiger partial charge in [0.1, 0.15) is 5.75 Å². The summed E-state index contributed by atoms with van der Waals surface area (Å²) in [5.74, 6) is 0.901. The van der Waals surface area contributed by atoms with Crippen LogP contribution >= 0.6 is 0 Å². The van der Waals surface area contributed by atoms with E-state index in [1.807, 2.05) is 12.1 Å². The second kappa shape index (κ2) is 11.0. The molecule has 1 amide bonds. The zero-order chi connectivity index (χ0) is 23.0. The molecule has 4 rings (SSSR count). The Morgan fingerprint density at radius 2 is 1.91 bits per heavy atom. The number of benzene rings is 2. The Hall–Kier alpha value is -3.36. The second-order valence-electron chi connectivity index (χ2n) is 7.80. The minimum absolute atomic E-state index is 0.0607. The van der Waals surface area contributed by atoms with Crippen LogP contribution in [0, 0.1) is 0 Å². The molecule has 0 spiro atoms. The van der Waals surface area contributed by atoms with E-state index in [9.17, 15) is 9.59 Å². The third-order valence-electron chi connectivity index (χ3n) is 5.56. The van der Waals surface area contributed by atoms with Crippen molar-refractivity contribution in [1.82, 2.24) is 10.2 Å². The molecule has 2 aromatic carbocycles. The number of morpholine rings is 1. The molecule has 33 heavy (non-hydrogen) atoms. The molecule has 0 aliphatic carbocycles. The summed E-state index contributed by atoms with van der Waals surface area (Å²) in [7, 11) is 1.53. The van der Waals surface area contributed by atoms with Crippen molar-refractivity contribution in [3.05, 3.63) is 59.0 Å². The Bertz CT molecular complexity index is 1140. The molecule has 8 nitrogen and oxygen atoms in total. The third-order valence-corrected chi connectivity index (χ3v) is 5.56. The first kappa shape index (κ1) is 22.8. The number of nitrogens with one attached hydrogen (secondary N) is 1. The summed E-state index contributed by atoms with van der Waals surface area (Å²) in [6.07, 6.45) is 0.890. The van der Waals surface area contributed by atoms with Gasteiger partial charge in [0, 0.05) is 25.0 Å². The van der Waals surface area contributed by atoms with Gasteiger partial charge in [-0.2, -0.15) is 0 Å². The fourth-order valence-corrected chi connectivity index (χ4v) is 3.77. The maximum atomic E-state index is 12.5. The first-order valence-electron chi connectivity index (χ1n) is 11.0. The van der Waals surface area contributed by atoms with Crippen LogP contribution in [0.1, 0.15) is 6.42 Å². The number of rotatable bonds is 9. The highest BCUT2D eigenvalue weighted by Crippen LogP contribution is 2.28. The summed E-state index contributed by atoms with van der Waals surface area (Å²) < 4.78 is 21.7. The third kappa shape index (κ3) is 5.91. The summed E-state index contributed by atoms with van der Waals surface area (Å²) in [5, 5.41) is 3.65. The first-order chi connectivity index (χ1) is 16.1. The van der Waals surface area contributed by atoms with E-state index in [1.54, 1.807) is 36.4 Å². The molecule has 2 heterocycles. The van der Waals surface area contributed by atoms with E-state index in [4.69, 9.17) is 18.6 Å². The standard InChI is InChI=1S/C25H28N2O6/c1-30-22-5-2-4-19-16-21(25(29)33-24(19)22)18-6-8-20(9-7-18)32-17-23(28)26-10-3-11-27-12-14-31-15-13-27/h2,4-9,16H,3,10-15,17H2,1H3,(H,26,28). The highest BCUT2D eigenvalue weighted by Gasteiger charge is 2.12. The van der Waals surface area contributed by atoms with Gasteiger partial charge in [-0.1, -0.05) is 24.3 Å². The predicted molar refractivity (Wildman–Crippen MR) is 125 cm³/mol. The zero-order valence-corrected chi connectivity index (χ0v) is 18.7. The van der Waals surface area contributed by atoms with Crippen LogP contribution in [0.15, 0.2) is 57.7 Å². The molecule has 1 aliphatic heterocycles. The number of hydrogen-bond donors (Lipinski definition) is 1. The van der Waals surface area contributed by atoms with E-state index in [0.29, 0.717) is 34.8 Å². The van der Waals surface area contributed by atoms with Crippen molar-refractivity contribution in [1.29, 1.82) is 0 Å². The molecule has 174 valence electrons. The fraction of sp³-hybridized carbons (Fsp3) is 0.360. The summed E-state index contributed by atoms with van der Waals surface area (Å²) in [4.78, 5) is 26.9. The average molecular weight is 453 g/mol. The van der Waals surface area contributed by atoms with Crippen molar-refractivity contribution < 1.29 is 23.4 Å². The van der Waals surface area contributed by atoms with Gasteiger partial charge < -0.3 is 23.9 Å². The molecule has 0 radical (unpaired) electrons. The number of nitrogens with zero attached hydrogens (tertiary/aromatic N) is 1. The summed E-state index contributed by atoms with van der Waals surface area (Å²) in [6, 6.07) is 14.2. The Kier molecular flexibility index (Phi) is 7.59. The zero-order valence-electron chi connectivity index (χ0n) is 18.7. The normalized spacial score (nSPS) is 14.2. The maximum Gasteiger partial charge on any atom is 0.344 e. The van der Waals surface area contributed by atoms with Gasteiger partial charge in [0.2, 0.25) is 0 Å². The first-order valence-corrected chi connectivity index (χ1v) is 11.0. The van der Waals surface area contributed by atoms with Gasteiger partial charge in [0.25, 0.3) is 5.91 Å². The summed E-state index contributed by atoms with van der Waals surface area (Å²) in [6.45, 7) is 4.95. The van der Waals surface area contributed by atoms with Crippen LogP contribution in [0.25, 0.3) is 22.1 Å². The monoisotopic (exact) mass is 452 g/mol. The molecule has 3 aromatic rings. The summed E-state index contributed by atoms with van der Waals surface area (Å²) in [5.41, 5.74) is 1.12. The highest BCUT2D eigenvalue weighted by atomic mass is 16.5. The van der Waals surface area contributed by atoms with Crippen LogP contribution in [0.5, 0.6) is 11.5 Å². The van der Waals surface area contributed by atoms with E-state index in [1.165, 1.54) is 7.11 Å². The van der Waals surface area contributed by atoms with Crippen LogP contribution in [0.4, 0.5) is 0 Å². The lowest BCUT2D eigenvalue weighted by Crippen LogP contribution is -2.38. The lowest BCUT2D eigenvalue weighted by molar-refractivity contribution is -0.123. The van der Waals surface area contributed by atoms with Crippen molar-refractivity contribution in [3.63, 3.8) is 0 Å². The number of ether oxygens (including phenoxy) is 3. The molecule has 8 heteroatoms. The number of amides is 1. The van der Waals surface area contributed by atoms with E-state index in [-0.39, 0.29) is 12.5 Å². The highest BCUT2D eigenvalue weighted by molar-refractivity contribution is 5.86. The molecule has 1 N–H and O–H groups in total. The van der Waals surface area contributed by atoms with Gasteiger partial charge in [-0.3, -0.25) is 9.69 Å². The van der Waals surface area contributed by atoms with Crippen LogP contribution in [-0.4, -0.2) is 63.9 Å². The van der Waals surface area contributed by atoms with Crippen LogP contribution in [0.3, 0.4) is 0 Å². The predicted octanol–water partition coefficient (Wildman–Crippen LogP) is 2.69. The van der Waals surface area contributed by atoms with Gasteiger partial charge in [-0.15, -0.1) is 0 Å². The minimum atomic E-state index is -0.447. The van der Waals surface area contributed by atoms with E-state index < -0.39 is 5.63 Å². The van der Waals surface area contributed by atoms with Crippen LogP contribution in [-0.2, 0) is 9.53 Å². The second-order valence-corrected chi connectivity index (χ2v) is 7.80. The maximum absolute atomic E-state index is 12.5. The molecule has 0 bridgehead atoms. The molecule has 0 saturated carbocycles. The van der Waals surface area contributed by atoms with Gasteiger partial charge in [-0.05, 0) is 42.8 Å². The number of methoxy groups -OCH3 is 1. The molecule has 1 fully saturated rings. The van der Waals surface area contributed by atoms with Crippen molar-refractivity contribution in [3.8, 4) is 22.6 Å². The smallest absolute Gasteiger partial charge is 0.344 e. The summed E-state index contributed by atoms with van der Waals surface area (Å²) >= 11 is 0. The molecule has 0 unspecified atom stereocenters. The molecule has 1 aromatic heterocycles. The largest absolute Gasteiger partial charge is 0.493 e. The minimum Gasteiger partial charge on any atom is -0.493 e. The van der Waals surface area contributed by atoms with Crippen LogP contribution < -0.4 is 20.4 Å². The molecule has 0 atom stereocenters. The fourth-order valence-electron chi connectivity index (χ4n) is 3.77. The number of carbonyl (C=O) groups is 1. The van der Waals surface area contributed by atoms with Crippen LogP contribution in [0.2, 0.25) is 0 Å². The number of carbonyl (C=O) groups excluding carboxylic acids is 1. The van der Waals surface area contributed by atoms with Gasteiger partial charge in [-0.25, -0.2) is 4.79 Å². The Morgan fingerprint density at radius 3 is 2.67 bits per heavy atom. The Balaban J connectivity index is 1.29. The molecular formula is C25H28N2O6. The van der Waals surface area contributed by atoms with Crippen molar-refractivity contribution in [2.45, 2.75) is 6.42 Å². The SMILES string of the molecule is COc1cccc2cc(-c3ccc(OCC(=O)NCCCN4CCOCC4)cc3)c(=O)oc12. The van der Waals surface area contributed by atoms with E-state index in [0.717, 1.165) is 44.7 Å². The number of fused-ring (bicyclic) bond motifs is 1. The number of para-hydroxylation sites is 1.